The van der Waals surface area contributed by atoms with Gasteiger partial charge in [0.05, 0.1) is 5.92 Å². The van der Waals surface area contributed by atoms with Crippen molar-refractivity contribution in [3.63, 3.8) is 0 Å². The molecule has 1 heterocycles. The predicted octanol–water partition coefficient (Wildman–Crippen LogP) is 1.04. The standard InChI is InChI=1S/C18H23N3O5/c1-10-6-5-7-14(11(10)2)21-9-13(8-15(21)22)17(24)26-12(3)16(23)20-18(25)19-4/h5-7,12-13H,8-9H2,1-4H3,(H2,19,20,23,25)/t12-,13-/m0/s1. The minimum atomic E-state index is -1.13. The van der Waals surface area contributed by atoms with Crippen LogP contribution in [0.5, 0.6) is 0 Å². The number of nitrogens with zero attached hydrogens (tertiary/aromatic N) is 1. The van der Waals surface area contributed by atoms with Gasteiger partial charge in [-0.25, -0.2) is 4.79 Å². The molecule has 2 atom stereocenters. The van der Waals surface area contributed by atoms with Crippen molar-refractivity contribution in [3.8, 4) is 0 Å². The molecule has 0 bridgehead atoms. The van der Waals surface area contributed by atoms with E-state index in [0.717, 1.165) is 16.8 Å². The number of esters is 1. The Kier molecular flexibility index (Phi) is 5.97. The summed E-state index contributed by atoms with van der Waals surface area (Å²) in [4.78, 5) is 49.1. The SMILES string of the molecule is CNC(=O)NC(=O)[C@H](C)OC(=O)[C@H]1CC(=O)N(c2cccc(C)c2C)C1. The van der Waals surface area contributed by atoms with Gasteiger partial charge in [-0.1, -0.05) is 12.1 Å². The molecule has 2 rings (SSSR count). The smallest absolute Gasteiger partial charge is 0.321 e. The van der Waals surface area contributed by atoms with Crippen molar-refractivity contribution < 1.29 is 23.9 Å². The van der Waals surface area contributed by atoms with E-state index in [4.69, 9.17) is 4.74 Å². The van der Waals surface area contributed by atoms with Gasteiger partial charge in [-0.2, -0.15) is 0 Å². The van der Waals surface area contributed by atoms with Gasteiger partial charge in [0.2, 0.25) is 5.91 Å². The number of benzene rings is 1. The molecular formula is C18H23N3O5. The lowest BCUT2D eigenvalue weighted by molar-refractivity contribution is -0.158. The lowest BCUT2D eigenvalue weighted by atomic mass is 10.1. The number of amides is 4. The second-order valence-electron chi connectivity index (χ2n) is 6.27. The third-order valence-electron chi connectivity index (χ3n) is 4.45. The lowest BCUT2D eigenvalue weighted by Crippen LogP contribution is -2.44. The zero-order valence-corrected chi connectivity index (χ0v) is 15.3. The van der Waals surface area contributed by atoms with Crippen molar-refractivity contribution in [2.24, 2.45) is 5.92 Å². The van der Waals surface area contributed by atoms with Gasteiger partial charge in [0.1, 0.15) is 0 Å². The number of ether oxygens (including phenoxy) is 1. The number of hydrogen-bond acceptors (Lipinski definition) is 5. The van der Waals surface area contributed by atoms with E-state index in [1.165, 1.54) is 14.0 Å². The van der Waals surface area contributed by atoms with Crippen LogP contribution in [0.25, 0.3) is 0 Å². The van der Waals surface area contributed by atoms with Crippen molar-refractivity contribution >= 4 is 29.5 Å². The molecule has 8 nitrogen and oxygen atoms in total. The van der Waals surface area contributed by atoms with Gasteiger partial charge in [0.15, 0.2) is 6.10 Å². The Hall–Kier alpha value is -2.90. The van der Waals surface area contributed by atoms with Crippen LogP contribution in [0, 0.1) is 19.8 Å². The highest BCUT2D eigenvalue weighted by atomic mass is 16.5. The van der Waals surface area contributed by atoms with Crippen LogP contribution in [-0.4, -0.2) is 43.5 Å². The summed E-state index contributed by atoms with van der Waals surface area (Å²) in [5.41, 5.74) is 2.81. The van der Waals surface area contributed by atoms with Crippen LogP contribution in [0.4, 0.5) is 10.5 Å². The van der Waals surface area contributed by atoms with Crippen LogP contribution < -0.4 is 15.5 Å². The number of urea groups is 1. The Morgan fingerprint density at radius 3 is 2.62 bits per heavy atom. The topological polar surface area (TPSA) is 105 Å². The third-order valence-corrected chi connectivity index (χ3v) is 4.45. The number of imide groups is 1. The van der Waals surface area contributed by atoms with Gasteiger partial charge < -0.3 is 15.0 Å². The largest absolute Gasteiger partial charge is 0.452 e. The molecule has 1 fully saturated rings. The van der Waals surface area contributed by atoms with Crippen molar-refractivity contribution in [2.75, 3.05) is 18.5 Å². The summed E-state index contributed by atoms with van der Waals surface area (Å²) in [6.07, 6.45) is -1.11. The molecule has 1 aromatic carbocycles. The third kappa shape index (κ3) is 4.19. The van der Waals surface area contributed by atoms with E-state index in [0.29, 0.717) is 0 Å². The number of anilines is 1. The van der Waals surface area contributed by atoms with Gasteiger partial charge in [-0.3, -0.25) is 19.7 Å². The first kappa shape index (κ1) is 19.4. The van der Waals surface area contributed by atoms with Crippen LogP contribution in [-0.2, 0) is 19.1 Å². The molecule has 26 heavy (non-hydrogen) atoms. The number of rotatable bonds is 4. The molecule has 0 spiro atoms. The number of carbonyl (C=O) groups excluding carboxylic acids is 4. The van der Waals surface area contributed by atoms with Gasteiger partial charge in [0, 0.05) is 25.7 Å². The minimum Gasteiger partial charge on any atom is -0.452 e. The zero-order chi connectivity index (χ0) is 19.4. The summed E-state index contributed by atoms with van der Waals surface area (Å²) in [6.45, 7) is 5.45. The van der Waals surface area contributed by atoms with Gasteiger partial charge >= 0.3 is 12.0 Å². The molecule has 0 aromatic heterocycles. The van der Waals surface area contributed by atoms with Crippen molar-refractivity contribution in [3.05, 3.63) is 29.3 Å². The summed E-state index contributed by atoms with van der Waals surface area (Å²) in [5.74, 6) is -2.18. The Labute approximate surface area is 151 Å². The average Bonchev–Trinajstić information content (AvgIpc) is 2.98. The molecule has 1 aliphatic heterocycles. The Morgan fingerprint density at radius 2 is 1.96 bits per heavy atom. The number of nitrogens with one attached hydrogen (secondary N) is 2. The van der Waals surface area contributed by atoms with E-state index in [1.807, 2.05) is 37.4 Å². The Balaban J connectivity index is 2.01. The number of carbonyl (C=O) groups is 4. The minimum absolute atomic E-state index is 0.0238. The van der Waals surface area contributed by atoms with Crippen molar-refractivity contribution in [2.45, 2.75) is 33.3 Å². The van der Waals surface area contributed by atoms with E-state index in [-0.39, 0.29) is 18.9 Å². The number of hydrogen-bond donors (Lipinski definition) is 2. The maximum Gasteiger partial charge on any atom is 0.321 e. The molecule has 1 aliphatic rings. The highest BCUT2D eigenvalue weighted by molar-refractivity contribution is 6.01. The van der Waals surface area contributed by atoms with Gasteiger partial charge in [-0.05, 0) is 38.0 Å². The molecule has 0 saturated carbocycles. The normalized spacial score (nSPS) is 17.6. The summed E-state index contributed by atoms with van der Waals surface area (Å²) in [5, 5.41) is 4.27. The van der Waals surface area contributed by atoms with E-state index in [2.05, 4.69) is 5.32 Å². The molecule has 0 aliphatic carbocycles. The predicted molar refractivity (Wildman–Crippen MR) is 94.5 cm³/mol. The molecular weight excluding hydrogens is 338 g/mol. The second kappa shape index (κ2) is 7.99. The van der Waals surface area contributed by atoms with Crippen molar-refractivity contribution in [1.29, 1.82) is 0 Å². The Bertz CT molecular complexity index is 746. The molecule has 8 heteroatoms. The first-order valence-electron chi connectivity index (χ1n) is 8.34. The fourth-order valence-electron chi connectivity index (χ4n) is 2.73. The average molecular weight is 361 g/mol. The Morgan fingerprint density at radius 1 is 1.27 bits per heavy atom. The molecule has 0 unspecified atom stereocenters. The van der Waals surface area contributed by atoms with Crippen LogP contribution in [0.3, 0.4) is 0 Å². The summed E-state index contributed by atoms with van der Waals surface area (Å²) in [7, 11) is 1.37. The van der Waals surface area contributed by atoms with Crippen LogP contribution in [0.1, 0.15) is 24.5 Å². The fraction of sp³-hybridized carbons (Fsp3) is 0.444. The van der Waals surface area contributed by atoms with E-state index < -0.39 is 29.9 Å². The first-order chi connectivity index (χ1) is 12.2. The first-order valence-corrected chi connectivity index (χ1v) is 8.34. The molecule has 140 valence electrons. The highest BCUT2D eigenvalue weighted by Gasteiger charge is 2.38. The quantitative estimate of drug-likeness (QED) is 0.780. The van der Waals surface area contributed by atoms with E-state index in [1.54, 1.807) is 4.90 Å². The monoisotopic (exact) mass is 361 g/mol. The molecule has 4 amide bonds. The molecule has 0 radical (unpaired) electrons. The second-order valence-corrected chi connectivity index (χ2v) is 6.27. The molecule has 1 aromatic rings. The van der Waals surface area contributed by atoms with Crippen LogP contribution >= 0.6 is 0 Å². The summed E-state index contributed by atoms with van der Waals surface area (Å²) >= 11 is 0. The van der Waals surface area contributed by atoms with Crippen molar-refractivity contribution in [1.82, 2.24) is 10.6 Å². The van der Waals surface area contributed by atoms with E-state index >= 15 is 0 Å². The van der Waals surface area contributed by atoms with Crippen LogP contribution in [0.15, 0.2) is 18.2 Å². The van der Waals surface area contributed by atoms with Crippen LogP contribution in [0.2, 0.25) is 0 Å². The van der Waals surface area contributed by atoms with E-state index in [9.17, 15) is 19.2 Å². The summed E-state index contributed by atoms with van der Waals surface area (Å²) < 4.78 is 5.12. The van der Waals surface area contributed by atoms with Gasteiger partial charge in [-0.15, -0.1) is 0 Å². The molecule has 1 saturated heterocycles. The highest BCUT2D eigenvalue weighted by Crippen LogP contribution is 2.30. The maximum atomic E-state index is 12.3. The fourth-order valence-corrected chi connectivity index (χ4v) is 2.73. The molecule has 2 N–H and O–H groups in total. The van der Waals surface area contributed by atoms with Gasteiger partial charge in [0.25, 0.3) is 5.91 Å². The zero-order valence-electron chi connectivity index (χ0n) is 15.3. The maximum absolute atomic E-state index is 12.3. The lowest BCUT2D eigenvalue weighted by Gasteiger charge is -2.20. The summed E-state index contributed by atoms with van der Waals surface area (Å²) in [6, 6.07) is 4.97. The number of aryl methyl sites for hydroxylation is 1.